The number of benzene rings is 3. The van der Waals surface area contributed by atoms with Gasteiger partial charge in [0, 0.05) is 16.3 Å². The Morgan fingerprint density at radius 3 is 2.18 bits per heavy atom. The molecule has 3 rings (SSSR count). The van der Waals surface area contributed by atoms with Gasteiger partial charge in [-0.05, 0) is 65.9 Å². The number of rotatable bonds is 5. The summed E-state index contributed by atoms with van der Waals surface area (Å²) in [6, 6.07) is 19.3. The fourth-order valence-corrected chi connectivity index (χ4v) is 3.57. The average Bonchev–Trinajstić information content (AvgIpc) is 2.76. The standard InChI is InChI=1S/C26H25Cl2N3O2/c1-16(30-31-24(32)17-8-10-19(11-9-17)26(2,3)4)18-6-5-7-21(14-18)29-25(33)22-13-12-20(27)15-23(22)28/h5-15H,1-4H3,(H,29,33)(H,31,32)/b30-16-. The van der Waals surface area contributed by atoms with Gasteiger partial charge in [0.2, 0.25) is 0 Å². The first-order chi connectivity index (χ1) is 15.5. The second-order valence-electron chi connectivity index (χ2n) is 8.62. The lowest BCUT2D eigenvalue weighted by molar-refractivity contribution is 0.0954. The third-order valence-electron chi connectivity index (χ3n) is 5.05. The van der Waals surface area contributed by atoms with Crippen LogP contribution in [-0.4, -0.2) is 17.5 Å². The van der Waals surface area contributed by atoms with Gasteiger partial charge >= 0.3 is 0 Å². The first kappa shape index (κ1) is 24.5. The van der Waals surface area contributed by atoms with Crippen LogP contribution < -0.4 is 10.7 Å². The van der Waals surface area contributed by atoms with Gasteiger partial charge < -0.3 is 5.32 Å². The minimum Gasteiger partial charge on any atom is -0.322 e. The molecule has 0 atom stereocenters. The van der Waals surface area contributed by atoms with Crippen LogP contribution in [0.5, 0.6) is 0 Å². The van der Waals surface area contributed by atoms with Crippen molar-refractivity contribution in [1.82, 2.24) is 5.43 Å². The SMILES string of the molecule is C/C(=N/NC(=O)c1ccc(C(C)(C)C)cc1)c1cccc(NC(=O)c2ccc(Cl)cc2Cl)c1. The Balaban J connectivity index is 1.69. The molecule has 0 aliphatic heterocycles. The smallest absolute Gasteiger partial charge is 0.271 e. The number of carbonyl (C=O) groups is 2. The first-order valence-electron chi connectivity index (χ1n) is 10.4. The number of nitrogens with one attached hydrogen (secondary N) is 2. The minimum absolute atomic E-state index is 0.0169. The molecule has 5 nitrogen and oxygen atoms in total. The summed E-state index contributed by atoms with van der Waals surface area (Å²) in [4.78, 5) is 25.0. The molecule has 0 radical (unpaired) electrons. The van der Waals surface area contributed by atoms with Crippen molar-refractivity contribution in [1.29, 1.82) is 0 Å². The normalized spacial score (nSPS) is 11.8. The molecule has 0 heterocycles. The Labute approximate surface area is 203 Å². The van der Waals surface area contributed by atoms with Gasteiger partial charge in [-0.25, -0.2) is 5.43 Å². The summed E-state index contributed by atoms with van der Waals surface area (Å²) in [6.07, 6.45) is 0. The van der Waals surface area contributed by atoms with Crippen LogP contribution in [0.3, 0.4) is 0 Å². The lowest BCUT2D eigenvalue weighted by Crippen LogP contribution is -2.20. The number of amides is 2. The fraction of sp³-hybridized carbons (Fsp3) is 0.192. The predicted octanol–water partition coefficient (Wildman–Crippen LogP) is 6.70. The van der Waals surface area contributed by atoms with E-state index in [1.807, 2.05) is 18.2 Å². The maximum absolute atomic E-state index is 12.6. The van der Waals surface area contributed by atoms with Crippen molar-refractivity contribution >= 4 is 46.4 Å². The molecule has 2 N–H and O–H groups in total. The van der Waals surface area contributed by atoms with E-state index in [4.69, 9.17) is 23.2 Å². The van der Waals surface area contributed by atoms with Gasteiger partial charge in [0.05, 0.1) is 16.3 Å². The van der Waals surface area contributed by atoms with E-state index in [0.29, 0.717) is 27.5 Å². The molecule has 7 heteroatoms. The molecule has 0 fully saturated rings. The molecule has 0 aliphatic rings. The van der Waals surface area contributed by atoms with E-state index in [1.165, 1.54) is 6.07 Å². The molecule has 0 aromatic heterocycles. The van der Waals surface area contributed by atoms with Crippen molar-refractivity contribution < 1.29 is 9.59 Å². The summed E-state index contributed by atoms with van der Waals surface area (Å²) < 4.78 is 0. The number of halogens is 2. The molecule has 33 heavy (non-hydrogen) atoms. The van der Waals surface area contributed by atoms with Gasteiger partial charge in [-0.3, -0.25) is 9.59 Å². The summed E-state index contributed by atoms with van der Waals surface area (Å²) in [7, 11) is 0. The Hall–Kier alpha value is -3.15. The molecule has 0 spiro atoms. The summed E-state index contributed by atoms with van der Waals surface area (Å²) in [5.41, 5.74) is 6.52. The maximum atomic E-state index is 12.6. The number of anilines is 1. The van der Waals surface area contributed by atoms with Crippen LogP contribution in [0, 0.1) is 0 Å². The quantitative estimate of drug-likeness (QED) is 0.314. The van der Waals surface area contributed by atoms with E-state index in [2.05, 4.69) is 36.6 Å². The molecular formula is C26H25Cl2N3O2. The van der Waals surface area contributed by atoms with E-state index < -0.39 is 0 Å². The van der Waals surface area contributed by atoms with Gasteiger partial charge in [0.25, 0.3) is 11.8 Å². The molecule has 0 bridgehead atoms. The maximum Gasteiger partial charge on any atom is 0.271 e. The Morgan fingerprint density at radius 1 is 0.848 bits per heavy atom. The molecule has 3 aromatic rings. The summed E-state index contributed by atoms with van der Waals surface area (Å²) in [6.45, 7) is 8.14. The predicted molar refractivity (Wildman–Crippen MR) is 136 cm³/mol. The van der Waals surface area contributed by atoms with Crippen LogP contribution in [0.2, 0.25) is 10.0 Å². The van der Waals surface area contributed by atoms with Gasteiger partial charge in [-0.2, -0.15) is 5.10 Å². The highest BCUT2D eigenvalue weighted by molar-refractivity contribution is 6.37. The highest BCUT2D eigenvalue weighted by Crippen LogP contribution is 2.23. The second kappa shape index (κ2) is 10.2. The van der Waals surface area contributed by atoms with Crippen LogP contribution in [0.25, 0.3) is 0 Å². The number of hydrogen-bond donors (Lipinski definition) is 2. The molecule has 170 valence electrons. The molecule has 0 unspecified atom stereocenters. The Bertz CT molecular complexity index is 1210. The van der Waals surface area contributed by atoms with Gasteiger partial charge in [0.1, 0.15) is 0 Å². The Morgan fingerprint density at radius 2 is 1.55 bits per heavy atom. The number of carbonyl (C=O) groups excluding carboxylic acids is 2. The molecular weight excluding hydrogens is 457 g/mol. The monoisotopic (exact) mass is 481 g/mol. The number of hydrazone groups is 1. The molecule has 2 amide bonds. The third-order valence-corrected chi connectivity index (χ3v) is 5.60. The largest absolute Gasteiger partial charge is 0.322 e. The Kier molecular flexibility index (Phi) is 7.57. The van der Waals surface area contributed by atoms with E-state index in [0.717, 1.165) is 11.1 Å². The van der Waals surface area contributed by atoms with Gasteiger partial charge in [-0.15, -0.1) is 0 Å². The molecule has 0 saturated heterocycles. The molecule has 0 saturated carbocycles. The van der Waals surface area contributed by atoms with Crippen molar-refractivity contribution in [2.75, 3.05) is 5.32 Å². The average molecular weight is 482 g/mol. The van der Waals surface area contributed by atoms with Crippen LogP contribution >= 0.6 is 23.2 Å². The van der Waals surface area contributed by atoms with Crippen molar-refractivity contribution in [2.24, 2.45) is 5.10 Å². The van der Waals surface area contributed by atoms with E-state index in [1.54, 1.807) is 49.4 Å². The summed E-state index contributed by atoms with van der Waals surface area (Å²) in [5.74, 6) is -0.646. The molecule has 0 aliphatic carbocycles. The second-order valence-corrected chi connectivity index (χ2v) is 9.47. The van der Waals surface area contributed by atoms with Crippen LogP contribution in [-0.2, 0) is 5.41 Å². The third kappa shape index (κ3) is 6.44. The summed E-state index contributed by atoms with van der Waals surface area (Å²) >= 11 is 12.0. The van der Waals surface area contributed by atoms with E-state index in [-0.39, 0.29) is 22.3 Å². The lowest BCUT2D eigenvalue weighted by atomic mass is 9.87. The highest BCUT2D eigenvalue weighted by Gasteiger charge is 2.14. The van der Waals surface area contributed by atoms with Crippen molar-refractivity contribution in [3.05, 3.63) is 99.0 Å². The molecule has 3 aromatic carbocycles. The summed E-state index contributed by atoms with van der Waals surface area (Å²) in [5, 5.41) is 7.75. The first-order valence-corrected chi connectivity index (χ1v) is 11.1. The fourth-order valence-electron chi connectivity index (χ4n) is 3.08. The van der Waals surface area contributed by atoms with E-state index >= 15 is 0 Å². The van der Waals surface area contributed by atoms with Gasteiger partial charge in [0.15, 0.2) is 0 Å². The van der Waals surface area contributed by atoms with Crippen molar-refractivity contribution in [3.63, 3.8) is 0 Å². The van der Waals surface area contributed by atoms with Crippen LogP contribution in [0.1, 0.15) is 59.5 Å². The zero-order valence-electron chi connectivity index (χ0n) is 18.9. The van der Waals surface area contributed by atoms with Crippen LogP contribution in [0.15, 0.2) is 71.8 Å². The van der Waals surface area contributed by atoms with Crippen LogP contribution in [0.4, 0.5) is 5.69 Å². The van der Waals surface area contributed by atoms with Gasteiger partial charge in [-0.1, -0.05) is 68.2 Å². The highest BCUT2D eigenvalue weighted by atomic mass is 35.5. The van der Waals surface area contributed by atoms with Crippen molar-refractivity contribution in [2.45, 2.75) is 33.1 Å². The number of nitrogens with zero attached hydrogens (tertiary/aromatic N) is 1. The zero-order chi connectivity index (χ0) is 24.2. The minimum atomic E-state index is -0.351. The topological polar surface area (TPSA) is 70.6 Å². The van der Waals surface area contributed by atoms with Crippen molar-refractivity contribution in [3.8, 4) is 0 Å². The number of hydrogen-bond acceptors (Lipinski definition) is 3. The zero-order valence-corrected chi connectivity index (χ0v) is 20.4. The lowest BCUT2D eigenvalue weighted by Gasteiger charge is -2.18. The van der Waals surface area contributed by atoms with E-state index in [9.17, 15) is 9.59 Å².